The van der Waals surface area contributed by atoms with E-state index < -0.39 is 5.97 Å². The number of nitrogens with zero attached hydrogens (tertiary/aromatic N) is 1. The molecule has 2 N–H and O–H groups in total. The van der Waals surface area contributed by atoms with E-state index in [4.69, 9.17) is 5.11 Å². The Kier molecular flexibility index (Phi) is 6.96. The lowest BCUT2D eigenvalue weighted by Gasteiger charge is -2.55. The predicted octanol–water partition coefficient (Wildman–Crippen LogP) is 3.50. The third-order valence-electron chi connectivity index (χ3n) is 5.22. The standard InChI is InChI=1S/C19H33NO3S2/c1-13(17(22)23)6-14-7-18(2,3)20(19(4,5)8-14)9-15(21)10-24-11-16-12-25-16/h6,14-16,21H,7-12H2,1-5H3,(H,22,23). The lowest BCUT2D eigenvalue weighted by molar-refractivity contribution is -0.132. The maximum absolute atomic E-state index is 11.1. The molecule has 0 bridgehead atoms. The monoisotopic (exact) mass is 387 g/mol. The van der Waals surface area contributed by atoms with Gasteiger partial charge in [-0.2, -0.15) is 23.5 Å². The summed E-state index contributed by atoms with van der Waals surface area (Å²) in [6, 6.07) is 0. The lowest BCUT2D eigenvalue weighted by Crippen LogP contribution is -2.62. The maximum atomic E-state index is 11.1. The quantitative estimate of drug-likeness (QED) is 0.491. The van der Waals surface area contributed by atoms with E-state index in [9.17, 15) is 9.90 Å². The summed E-state index contributed by atoms with van der Waals surface area (Å²) in [5.74, 6) is 2.65. The van der Waals surface area contributed by atoms with Crippen molar-refractivity contribution in [3.05, 3.63) is 11.6 Å². The number of carbonyl (C=O) groups is 1. The van der Waals surface area contributed by atoms with Crippen molar-refractivity contribution in [3.63, 3.8) is 0 Å². The van der Waals surface area contributed by atoms with Crippen LogP contribution in [-0.4, -0.2) is 67.3 Å². The first-order chi connectivity index (χ1) is 11.5. The number of aliphatic hydroxyl groups excluding tert-OH is 1. The fraction of sp³-hybridized carbons (Fsp3) is 0.842. The smallest absolute Gasteiger partial charge is 0.330 e. The van der Waals surface area contributed by atoms with E-state index in [0.29, 0.717) is 12.1 Å². The van der Waals surface area contributed by atoms with Crippen LogP contribution in [0.1, 0.15) is 47.5 Å². The Morgan fingerprint density at radius 3 is 2.36 bits per heavy atom. The van der Waals surface area contributed by atoms with Crippen LogP contribution in [0.5, 0.6) is 0 Å². The number of thioether (sulfide) groups is 2. The molecular weight excluding hydrogens is 354 g/mol. The first-order valence-electron chi connectivity index (χ1n) is 9.08. The molecule has 0 aromatic rings. The zero-order valence-corrected chi connectivity index (χ0v) is 17.8. The van der Waals surface area contributed by atoms with Crippen LogP contribution in [0.4, 0.5) is 0 Å². The number of carboxylic acids is 1. The Labute approximate surface area is 160 Å². The van der Waals surface area contributed by atoms with Gasteiger partial charge in [0, 0.05) is 45.7 Å². The number of carboxylic acid groups (broad SMARTS) is 1. The van der Waals surface area contributed by atoms with Gasteiger partial charge in [-0.05, 0) is 53.4 Å². The highest BCUT2D eigenvalue weighted by molar-refractivity contribution is 8.08. The largest absolute Gasteiger partial charge is 0.478 e. The molecular formula is C19H33NO3S2. The van der Waals surface area contributed by atoms with Crippen LogP contribution in [0.15, 0.2) is 11.6 Å². The van der Waals surface area contributed by atoms with E-state index in [2.05, 4.69) is 32.6 Å². The molecule has 0 spiro atoms. The van der Waals surface area contributed by atoms with Crippen LogP contribution < -0.4 is 0 Å². The molecule has 2 aliphatic rings. The summed E-state index contributed by atoms with van der Waals surface area (Å²) in [7, 11) is 0. The molecule has 0 aliphatic carbocycles. The molecule has 2 fully saturated rings. The van der Waals surface area contributed by atoms with Crippen molar-refractivity contribution in [1.29, 1.82) is 0 Å². The van der Waals surface area contributed by atoms with Crippen molar-refractivity contribution in [3.8, 4) is 0 Å². The highest BCUT2D eigenvalue weighted by Crippen LogP contribution is 2.42. The first-order valence-corrected chi connectivity index (χ1v) is 11.3. The number of aliphatic hydroxyl groups is 1. The molecule has 2 rings (SSSR count). The first kappa shape index (κ1) is 21.1. The minimum absolute atomic E-state index is 0.0698. The Hall–Kier alpha value is -0.170. The number of aliphatic carboxylic acids is 1. The summed E-state index contributed by atoms with van der Waals surface area (Å²) in [6.45, 7) is 11.2. The third kappa shape index (κ3) is 6.19. The van der Waals surface area contributed by atoms with E-state index in [1.807, 2.05) is 29.6 Å². The number of rotatable bonds is 8. The molecule has 0 saturated carbocycles. The number of hydrogen-bond acceptors (Lipinski definition) is 5. The highest BCUT2D eigenvalue weighted by atomic mass is 32.2. The third-order valence-corrected chi connectivity index (χ3v) is 7.66. The average molecular weight is 388 g/mol. The number of hydrogen-bond donors (Lipinski definition) is 2. The number of piperidine rings is 1. The van der Waals surface area contributed by atoms with E-state index >= 15 is 0 Å². The molecule has 0 aromatic carbocycles. The van der Waals surface area contributed by atoms with Gasteiger partial charge in [-0.3, -0.25) is 4.90 Å². The van der Waals surface area contributed by atoms with Crippen molar-refractivity contribution in [2.75, 3.05) is 23.8 Å². The molecule has 2 aliphatic heterocycles. The fourth-order valence-electron chi connectivity index (χ4n) is 4.20. The molecule has 2 heterocycles. The van der Waals surface area contributed by atoms with Gasteiger partial charge in [0.2, 0.25) is 0 Å². The van der Waals surface area contributed by atoms with E-state index in [1.165, 1.54) is 5.75 Å². The molecule has 6 heteroatoms. The highest BCUT2D eigenvalue weighted by Gasteiger charge is 2.45. The number of β-amino-alcohol motifs (C(OH)–C–C–N with tert-alkyl or cyclic N) is 1. The minimum Gasteiger partial charge on any atom is -0.478 e. The van der Waals surface area contributed by atoms with Crippen LogP contribution in [-0.2, 0) is 4.79 Å². The molecule has 0 radical (unpaired) electrons. The zero-order valence-electron chi connectivity index (χ0n) is 16.1. The van der Waals surface area contributed by atoms with Gasteiger partial charge in [-0.1, -0.05) is 6.08 Å². The Bertz CT molecular complexity index is 497. The summed E-state index contributed by atoms with van der Waals surface area (Å²) < 4.78 is 0. The van der Waals surface area contributed by atoms with Crippen LogP contribution in [0.25, 0.3) is 0 Å². The van der Waals surface area contributed by atoms with Gasteiger partial charge >= 0.3 is 5.97 Å². The molecule has 2 unspecified atom stereocenters. The van der Waals surface area contributed by atoms with Crippen LogP contribution in [0.3, 0.4) is 0 Å². The molecule has 2 saturated heterocycles. The molecule has 144 valence electrons. The van der Waals surface area contributed by atoms with Crippen LogP contribution in [0, 0.1) is 5.92 Å². The molecule has 0 amide bonds. The SMILES string of the molecule is CC(=CC1CC(C)(C)N(CC(O)CSCC2CS2)C(C)(C)C1)C(=O)O. The normalized spacial score (nSPS) is 27.9. The van der Waals surface area contributed by atoms with Gasteiger partial charge in [0.05, 0.1) is 6.10 Å². The van der Waals surface area contributed by atoms with E-state index in [-0.39, 0.29) is 23.1 Å². The average Bonchev–Trinajstić information content (AvgIpc) is 3.26. The molecule has 0 aromatic heterocycles. The van der Waals surface area contributed by atoms with Crippen LogP contribution >= 0.6 is 23.5 Å². The van der Waals surface area contributed by atoms with Crippen LogP contribution in [0.2, 0.25) is 0 Å². The Morgan fingerprint density at radius 1 is 1.32 bits per heavy atom. The molecule has 25 heavy (non-hydrogen) atoms. The number of likely N-dealkylation sites (tertiary alicyclic amines) is 1. The second-order valence-electron chi connectivity index (χ2n) is 8.71. The van der Waals surface area contributed by atoms with E-state index in [1.54, 1.807) is 6.92 Å². The van der Waals surface area contributed by atoms with Gasteiger partial charge in [0.1, 0.15) is 0 Å². The Balaban J connectivity index is 1.98. The minimum atomic E-state index is -0.834. The van der Waals surface area contributed by atoms with Crippen molar-refractivity contribution < 1.29 is 15.0 Å². The zero-order chi connectivity index (χ0) is 18.8. The second-order valence-corrected chi connectivity index (χ2v) is 11.1. The van der Waals surface area contributed by atoms with Gasteiger partial charge in [-0.15, -0.1) is 0 Å². The van der Waals surface area contributed by atoms with Gasteiger partial charge in [-0.25, -0.2) is 4.79 Å². The fourth-order valence-corrected chi connectivity index (χ4v) is 6.17. The van der Waals surface area contributed by atoms with Crippen molar-refractivity contribution >= 4 is 29.5 Å². The number of allylic oxidation sites excluding steroid dienone is 1. The predicted molar refractivity (Wildman–Crippen MR) is 109 cm³/mol. The maximum Gasteiger partial charge on any atom is 0.330 e. The summed E-state index contributed by atoms with van der Waals surface area (Å²) in [5, 5.41) is 20.5. The van der Waals surface area contributed by atoms with E-state index in [0.717, 1.165) is 29.6 Å². The molecule has 4 nitrogen and oxygen atoms in total. The summed E-state index contributed by atoms with van der Waals surface area (Å²) >= 11 is 3.86. The molecule has 2 atom stereocenters. The van der Waals surface area contributed by atoms with Gasteiger partial charge < -0.3 is 10.2 Å². The lowest BCUT2D eigenvalue weighted by atomic mass is 9.73. The van der Waals surface area contributed by atoms with Crippen molar-refractivity contribution in [2.24, 2.45) is 5.92 Å². The van der Waals surface area contributed by atoms with Crippen molar-refractivity contribution in [2.45, 2.75) is 69.9 Å². The topological polar surface area (TPSA) is 60.8 Å². The summed E-state index contributed by atoms with van der Waals surface area (Å²) in [6.07, 6.45) is 3.43. The Morgan fingerprint density at radius 2 is 1.88 bits per heavy atom. The second kappa shape index (κ2) is 8.24. The summed E-state index contributed by atoms with van der Waals surface area (Å²) in [5.41, 5.74) is 0.291. The van der Waals surface area contributed by atoms with Gasteiger partial charge in [0.25, 0.3) is 0 Å². The van der Waals surface area contributed by atoms with Crippen molar-refractivity contribution in [1.82, 2.24) is 4.90 Å². The van der Waals surface area contributed by atoms with Gasteiger partial charge in [0.15, 0.2) is 0 Å². The summed E-state index contributed by atoms with van der Waals surface area (Å²) in [4.78, 5) is 13.6.